The lowest BCUT2D eigenvalue weighted by Gasteiger charge is -2.33. The van der Waals surface area contributed by atoms with Crippen molar-refractivity contribution >= 4 is 39.1 Å². The first-order chi connectivity index (χ1) is 19.0. The third kappa shape index (κ3) is 8.47. The largest absolute Gasteiger partial charge is 0.495 e. The number of nitrogens with zero attached hydrogens (tertiary/aromatic N) is 2. The van der Waals surface area contributed by atoms with Crippen molar-refractivity contribution in [2.75, 3.05) is 30.8 Å². The van der Waals surface area contributed by atoms with Gasteiger partial charge in [0.15, 0.2) is 0 Å². The van der Waals surface area contributed by atoms with Gasteiger partial charge in [-0.15, -0.1) is 0 Å². The topological polar surface area (TPSA) is 96.0 Å². The lowest BCUT2D eigenvalue weighted by Crippen LogP contribution is -2.53. The zero-order valence-electron chi connectivity index (χ0n) is 23.3. The van der Waals surface area contributed by atoms with Crippen molar-refractivity contribution in [1.82, 2.24) is 10.2 Å². The molecule has 3 aromatic rings. The molecule has 0 fully saturated rings. The van der Waals surface area contributed by atoms with Crippen molar-refractivity contribution in [2.45, 2.75) is 39.3 Å². The molecular weight excluding hydrogens is 550 g/mol. The van der Waals surface area contributed by atoms with Gasteiger partial charge in [-0.25, -0.2) is 8.42 Å². The molecule has 0 aliphatic rings. The summed E-state index contributed by atoms with van der Waals surface area (Å²) in [5, 5.41) is 3.21. The second kappa shape index (κ2) is 14.2. The van der Waals surface area contributed by atoms with Gasteiger partial charge in [-0.3, -0.25) is 13.9 Å². The molecule has 1 atom stereocenters. The zero-order valence-corrected chi connectivity index (χ0v) is 24.8. The number of carbonyl (C=O) groups excluding carboxylic acids is 2. The van der Waals surface area contributed by atoms with Crippen molar-refractivity contribution in [3.63, 3.8) is 0 Å². The number of methoxy groups -OCH3 is 1. The number of ether oxygens (including phenoxy) is 1. The van der Waals surface area contributed by atoms with Crippen molar-refractivity contribution in [3.05, 3.63) is 94.5 Å². The minimum Gasteiger partial charge on any atom is -0.495 e. The fraction of sp³-hybridized carbons (Fsp3) is 0.333. The van der Waals surface area contributed by atoms with Gasteiger partial charge in [-0.1, -0.05) is 78.7 Å². The first kappa shape index (κ1) is 31.0. The van der Waals surface area contributed by atoms with E-state index in [1.807, 2.05) is 68.4 Å². The predicted octanol–water partition coefficient (Wildman–Crippen LogP) is 4.59. The van der Waals surface area contributed by atoms with E-state index in [1.165, 1.54) is 18.1 Å². The number of carbonyl (C=O) groups is 2. The van der Waals surface area contributed by atoms with E-state index in [1.54, 1.807) is 12.1 Å². The Kier molecular flexibility index (Phi) is 11.0. The second-order valence-corrected chi connectivity index (χ2v) is 11.9. The van der Waals surface area contributed by atoms with Gasteiger partial charge in [-0.05, 0) is 42.7 Å². The zero-order chi connectivity index (χ0) is 29.3. The molecule has 214 valence electrons. The normalized spacial score (nSPS) is 11.9. The minimum atomic E-state index is -3.95. The Morgan fingerprint density at radius 3 is 2.33 bits per heavy atom. The summed E-state index contributed by atoms with van der Waals surface area (Å²) in [6.45, 7) is 3.91. The van der Waals surface area contributed by atoms with Crippen LogP contribution in [0.2, 0.25) is 5.02 Å². The van der Waals surface area contributed by atoms with Crippen molar-refractivity contribution in [2.24, 2.45) is 0 Å². The smallest absolute Gasteiger partial charge is 0.244 e. The van der Waals surface area contributed by atoms with Gasteiger partial charge in [0.1, 0.15) is 18.3 Å². The van der Waals surface area contributed by atoms with Gasteiger partial charge >= 0.3 is 0 Å². The Labute approximate surface area is 241 Å². The van der Waals surface area contributed by atoms with Crippen LogP contribution in [0.1, 0.15) is 30.0 Å². The number of benzene rings is 3. The third-order valence-corrected chi connectivity index (χ3v) is 7.71. The van der Waals surface area contributed by atoms with E-state index in [9.17, 15) is 18.0 Å². The number of rotatable bonds is 13. The van der Waals surface area contributed by atoms with Crippen LogP contribution < -0.4 is 14.4 Å². The minimum absolute atomic E-state index is 0.113. The monoisotopic (exact) mass is 585 g/mol. The van der Waals surface area contributed by atoms with Crippen LogP contribution in [0.4, 0.5) is 5.69 Å². The molecular formula is C30H36ClN3O5S. The Morgan fingerprint density at radius 1 is 1.00 bits per heavy atom. The molecule has 10 heteroatoms. The SMILES string of the molecule is CCCNC(=O)[C@H](Cc1ccccc1)N(Cc1cccc(C)c1)C(=O)CN(c1cc(Cl)ccc1OC)S(C)(=O)=O. The van der Waals surface area contributed by atoms with Crippen LogP contribution in [0.5, 0.6) is 5.75 Å². The summed E-state index contributed by atoms with van der Waals surface area (Å²) in [5.74, 6) is -0.603. The summed E-state index contributed by atoms with van der Waals surface area (Å²) in [5.41, 5.74) is 2.83. The summed E-state index contributed by atoms with van der Waals surface area (Å²) >= 11 is 6.19. The summed E-state index contributed by atoms with van der Waals surface area (Å²) < 4.78 is 32.3. The maximum absolute atomic E-state index is 14.1. The van der Waals surface area contributed by atoms with Gasteiger partial charge in [0.2, 0.25) is 21.8 Å². The number of anilines is 1. The summed E-state index contributed by atoms with van der Waals surface area (Å²) in [7, 11) is -2.54. The van der Waals surface area contributed by atoms with E-state index in [-0.39, 0.29) is 35.3 Å². The van der Waals surface area contributed by atoms with Gasteiger partial charge in [0.25, 0.3) is 0 Å². The van der Waals surface area contributed by atoms with Crippen LogP contribution in [0.25, 0.3) is 0 Å². The molecule has 0 unspecified atom stereocenters. The maximum Gasteiger partial charge on any atom is 0.244 e. The lowest BCUT2D eigenvalue weighted by atomic mass is 10.0. The highest BCUT2D eigenvalue weighted by molar-refractivity contribution is 7.92. The number of hydrogen-bond donors (Lipinski definition) is 1. The number of halogens is 1. The van der Waals surface area contributed by atoms with E-state index in [4.69, 9.17) is 16.3 Å². The molecule has 0 saturated carbocycles. The van der Waals surface area contributed by atoms with E-state index < -0.39 is 28.5 Å². The number of hydrogen-bond acceptors (Lipinski definition) is 5. The predicted molar refractivity (Wildman–Crippen MR) is 159 cm³/mol. The summed E-state index contributed by atoms with van der Waals surface area (Å²) in [6.07, 6.45) is 2.00. The van der Waals surface area contributed by atoms with E-state index >= 15 is 0 Å². The molecule has 8 nitrogen and oxygen atoms in total. The highest BCUT2D eigenvalue weighted by Gasteiger charge is 2.33. The average molecular weight is 586 g/mol. The first-order valence-electron chi connectivity index (χ1n) is 13.0. The van der Waals surface area contributed by atoms with Gasteiger partial charge in [-0.2, -0.15) is 0 Å². The van der Waals surface area contributed by atoms with Crippen LogP contribution >= 0.6 is 11.6 Å². The van der Waals surface area contributed by atoms with Gasteiger partial charge in [0, 0.05) is 24.5 Å². The standard InChI is InChI=1S/C30H36ClN3O5S/c1-5-16-32-30(36)27(18-23-11-7-6-8-12-23)33(20-24-13-9-10-22(2)17-24)29(35)21-34(40(4,37)38)26-19-25(31)14-15-28(26)39-3/h6-15,17,19,27H,5,16,18,20-21H2,1-4H3,(H,32,36)/t27-/m0/s1. The number of nitrogens with one attached hydrogen (secondary N) is 1. The van der Waals surface area contributed by atoms with Crippen LogP contribution in [0.3, 0.4) is 0 Å². The molecule has 2 amide bonds. The molecule has 0 heterocycles. The van der Waals surface area contributed by atoms with E-state index in [0.29, 0.717) is 6.54 Å². The highest BCUT2D eigenvalue weighted by Crippen LogP contribution is 2.33. The average Bonchev–Trinajstić information content (AvgIpc) is 2.92. The van der Waals surface area contributed by atoms with Crippen LogP contribution in [0, 0.1) is 6.92 Å². The van der Waals surface area contributed by atoms with Crippen LogP contribution in [0.15, 0.2) is 72.8 Å². The van der Waals surface area contributed by atoms with Gasteiger partial charge < -0.3 is 15.0 Å². The summed E-state index contributed by atoms with van der Waals surface area (Å²) in [6, 6.07) is 20.8. The second-order valence-electron chi connectivity index (χ2n) is 9.59. The highest BCUT2D eigenvalue weighted by atomic mass is 35.5. The fourth-order valence-corrected chi connectivity index (χ4v) is 5.39. The third-order valence-electron chi connectivity index (χ3n) is 6.34. The van der Waals surface area contributed by atoms with Crippen molar-refractivity contribution in [1.29, 1.82) is 0 Å². The molecule has 3 rings (SSSR count). The molecule has 40 heavy (non-hydrogen) atoms. The Balaban J connectivity index is 2.08. The lowest BCUT2D eigenvalue weighted by molar-refractivity contribution is -0.140. The molecule has 0 aromatic heterocycles. The maximum atomic E-state index is 14.1. The van der Waals surface area contributed by atoms with Crippen molar-refractivity contribution < 1.29 is 22.7 Å². The molecule has 1 N–H and O–H groups in total. The van der Waals surface area contributed by atoms with Crippen molar-refractivity contribution in [3.8, 4) is 5.75 Å². The number of sulfonamides is 1. The fourth-order valence-electron chi connectivity index (χ4n) is 4.38. The van der Waals surface area contributed by atoms with Gasteiger partial charge in [0.05, 0.1) is 19.1 Å². The number of aryl methyl sites for hydroxylation is 1. The van der Waals surface area contributed by atoms with Crippen LogP contribution in [-0.4, -0.2) is 57.6 Å². The summed E-state index contributed by atoms with van der Waals surface area (Å²) in [4.78, 5) is 29.1. The molecule has 0 aliphatic heterocycles. The molecule has 0 radical (unpaired) electrons. The number of amides is 2. The Bertz CT molecular complexity index is 1420. The van der Waals surface area contributed by atoms with E-state index in [2.05, 4.69) is 5.32 Å². The molecule has 0 saturated heterocycles. The quantitative estimate of drug-likeness (QED) is 0.317. The van der Waals surface area contributed by atoms with Crippen LogP contribution in [-0.2, 0) is 32.6 Å². The first-order valence-corrected chi connectivity index (χ1v) is 15.2. The molecule has 0 aliphatic carbocycles. The van der Waals surface area contributed by atoms with E-state index in [0.717, 1.165) is 33.7 Å². The molecule has 3 aromatic carbocycles. The molecule has 0 spiro atoms. The Hall–Kier alpha value is -3.56. The molecule has 0 bridgehead atoms. The Morgan fingerprint density at radius 2 is 1.70 bits per heavy atom.